The summed E-state index contributed by atoms with van der Waals surface area (Å²) in [5.41, 5.74) is 5.69. The molecule has 3 rings (SSSR count). The minimum atomic E-state index is 0.0916. The predicted octanol–water partition coefficient (Wildman–Crippen LogP) is 1.09. The van der Waals surface area contributed by atoms with E-state index in [0.717, 1.165) is 25.2 Å². The molecule has 5 nitrogen and oxygen atoms in total. The van der Waals surface area contributed by atoms with Crippen LogP contribution in [0.25, 0.3) is 0 Å². The molecule has 88 valence electrons. The summed E-state index contributed by atoms with van der Waals surface area (Å²) in [5.74, 6) is 2.83. The highest BCUT2D eigenvalue weighted by Crippen LogP contribution is 2.41. The minimum absolute atomic E-state index is 0.0916. The molecule has 0 saturated carbocycles. The molecule has 2 atom stereocenters. The Morgan fingerprint density at radius 1 is 1.62 bits per heavy atom. The van der Waals surface area contributed by atoms with Crippen molar-refractivity contribution >= 4 is 17.6 Å². The SMILES string of the molecule is Nc1cn(C2CCOC3(CCSC3)C2)nn1. The highest BCUT2D eigenvalue weighted by Gasteiger charge is 2.41. The normalized spacial score (nSPS) is 34.6. The number of rotatable bonds is 1. The van der Waals surface area contributed by atoms with E-state index in [-0.39, 0.29) is 5.60 Å². The average molecular weight is 240 g/mol. The molecule has 2 unspecified atom stereocenters. The molecule has 16 heavy (non-hydrogen) atoms. The van der Waals surface area contributed by atoms with Crippen LogP contribution in [0.2, 0.25) is 0 Å². The Bertz CT molecular complexity index is 375. The quantitative estimate of drug-likeness (QED) is 0.796. The molecular formula is C10H16N4OS. The Kier molecular flexibility index (Phi) is 2.55. The lowest BCUT2D eigenvalue weighted by molar-refractivity contribution is -0.0780. The van der Waals surface area contributed by atoms with E-state index in [4.69, 9.17) is 10.5 Å². The van der Waals surface area contributed by atoms with Crippen molar-refractivity contribution in [2.75, 3.05) is 23.8 Å². The maximum Gasteiger partial charge on any atom is 0.165 e. The first-order valence-electron chi connectivity index (χ1n) is 5.66. The third kappa shape index (κ3) is 1.80. The Balaban J connectivity index is 1.77. The molecule has 2 aliphatic rings. The summed E-state index contributed by atoms with van der Waals surface area (Å²) < 4.78 is 7.88. The zero-order valence-electron chi connectivity index (χ0n) is 9.13. The first-order valence-corrected chi connectivity index (χ1v) is 6.82. The molecule has 1 aromatic rings. The number of aromatic nitrogens is 3. The average Bonchev–Trinajstić information content (AvgIpc) is 2.89. The van der Waals surface area contributed by atoms with Crippen molar-refractivity contribution in [2.24, 2.45) is 0 Å². The summed E-state index contributed by atoms with van der Waals surface area (Å²) in [4.78, 5) is 0. The summed E-state index contributed by atoms with van der Waals surface area (Å²) >= 11 is 1.99. The van der Waals surface area contributed by atoms with Crippen molar-refractivity contribution in [3.63, 3.8) is 0 Å². The van der Waals surface area contributed by atoms with Gasteiger partial charge in [-0.05, 0) is 25.0 Å². The smallest absolute Gasteiger partial charge is 0.165 e. The van der Waals surface area contributed by atoms with E-state index in [2.05, 4.69) is 10.3 Å². The van der Waals surface area contributed by atoms with Gasteiger partial charge in [0.05, 0.1) is 17.8 Å². The summed E-state index contributed by atoms with van der Waals surface area (Å²) in [6.07, 6.45) is 5.04. The number of nitrogens with zero attached hydrogens (tertiary/aromatic N) is 3. The molecule has 0 bridgehead atoms. The van der Waals surface area contributed by atoms with Crippen LogP contribution in [0.1, 0.15) is 25.3 Å². The van der Waals surface area contributed by atoms with Crippen LogP contribution < -0.4 is 5.73 Å². The first kappa shape index (κ1) is 10.4. The van der Waals surface area contributed by atoms with E-state index in [1.807, 2.05) is 22.6 Å². The molecule has 0 aromatic carbocycles. The van der Waals surface area contributed by atoms with Gasteiger partial charge in [-0.2, -0.15) is 11.8 Å². The van der Waals surface area contributed by atoms with Crippen LogP contribution in [0, 0.1) is 0 Å². The lowest BCUT2D eigenvalue weighted by atomic mass is 9.90. The van der Waals surface area contributed by atoms with Gasteiger partial charge in [0.2, 0.25) is 0 Å². The van der Waals surface area contributed by atoms with Gasteiger partial charge in [0.25, 0.3) is 0 Å². The van der Waals surface area contributed by atoms with E-state index < -0.39 is 0 Å². The summed E-state index contributed by atoms with van der Waals surface area (Å²) in [7, 11) is 0. The van der Waals surface area contributed by atoms with Gasteiger partial charge < -0.3 is 10.5 Å². The molecule has 0 radical (unpaired) electrons. The Hall–Kier alpha value is -0.750. The lowest BCUT2D eigenvalue weighted by Gasteiger charge is -2.37. The molecule has 2 saturated heterocycles. The lowest BCUT2D eigenvalue weighted by Crippen LogP contribution is -2.40. The maximum atomic E-state index is 5.97. The molecule has 2 N–H and O–H groups in total. The van der Waals surface area contributed by atoms with E-state index in [9.17, 15) is 0 Å². The zero-order chi connectivity index (χ0) is 11.0. The van der Waals surface area contributed by atoms with E-state index in [0.29, 0.717) is 11.9 Å². The van der Waals surface area contributed by atoms with Crippen molar-refractivity contribution in [2.45, 2.75) is 30.9 Å². The predicted molar refractivity (Wildman–Crippen MR) is 63.3 cm³/mol. The van der Waals surface area contributed by atoms with Crippen LogP contribution >= 0.6 is 11.8 Å². The molecule has 0 amide bonds. The molecule has 1 aromatic heterocycles. The molecule has 1 spiro atoms. The fourth-order valence-corrected chi connectivity index (χ4v) is 3.94. The van der Waals surface area contributed by atoms with Gasteiger partial charge in [0, 0.05) is 12.4 Å². The van der Waals surface area contributed by atoms with Gasteiger partial charge in [-0.15, -0.1) is 5.10 Å². The van der Waals surface area contributed by atoms with E-state index >= 15 is 0 Å². The van der Waals surface area contributed by atoms with Gasteiger partial charge >= 0.3 is 0 Å². The third-order valence-corrected chi connectivity index (χ3v) is 4.66. The van der Waals surface area contributed by atoms with Crippen LogP contribution in [0.3, 0.4) is 0 Å². The van der Waals surface area contributed by atoms with Crippen LogP contribution in [-0.4, -0.2) is 38.7 Å². The van der Waals surface area contributed by atoms with Gasteiger partial charge in [-0.1, -0.05) is 5.21 Å². The third-order valence-electron chi connectivity index (χ3n) is 3.44. The molecule has 2 aliphatic heterocycles. The largest absolute Gasteiger partial charge is 0.381 e. The van der Waals surface area contributed by atoms with E-state index in [1.165, 1.54) is 12.2 Å². The highest BCUT2D eigenvalue weighted by molar-refractivity contribution is 7.99. The topological polar surface area (TPSA) is 66.0 Å². The molecule has 3 heterocycles. The number of ether oxygens (including phenoxy) is 1. The number of hydrogen-bond acceptors (Lipinski definition) is 5. The van der Waals surface area contributed by atoms with E-state index in [1.54, 1.807) is 0 Å². The van der Waals surface area contributed by atoms with Crippen molar-refractivity contribution in [3.8, 4) is 0 Å². The molecule has 6 heteroatoms. The standard InChI is InChI=1S/C10H16N4OS/c11-9-6-14(13-12-9)8-1-3-15-10(5-8)2-4-16-7-10/h6,8H,1-5,7,11H2. The number of anilines is 1. The first-order chi connectivity index (χ1) is 7.77. The van der Waals surface area contributed by atoms with Gasteiger partial charge in [0.15, 0.2) is 5.82 Å². The summed E-state index contributed by atoms with van der Waals surface area (Å²) in [5, 5.41) is 7.92. The molecular weight excluding hydrogens is 224 g/mol. The number of thioether (sulfide) groups is 1. The van der Waals surface area contributed by atoms with Gasteiger partial charge in [0.1, 0.15) is 0 Å². The van der Waals surface area contributed by atoms with Crippen molar-refractivity contribution < 1.29 is 4.74 Å². The highest BCUT2D eigenvalue weighted by atomic mass is 32.2. The van der Waals surface area contributed by atoms with Crippen molar-refractivity contribution in [3.05, 3.63) is 6.20 Å². The van der Waals surface area contributed by atoms with Crippen LogP contribution in [0.15, 0.2) is 6.20 Å². The summed E-state index contributed by atoms with van der Waals surface area (Å²) in [6, 6.07) is 0.400. The van der Waals surface area contributed by atoms with Gasteiger partial charge in [-0.3, -0.25) is 0 Å². The molecule has 0 aliphatic carbocycles. The Morgan fingerprint density at radius 2 is 2.56 bits per heavy atom. The number of nitrogens with two attached hydrogens (primary N) is 1. The Labute approximate surface area is 98.7 Å². The monoisotopic (exact) mass is 240 g/mol. The maximum absolute atomic E-state index is 5.97. The zero-order valence-corrected chi connectivity index (χ0v) is 9.95. The summed E-state index contributed by atoms with van der Waals surface area (Å²) in [6.45, 7) is 0.824. The fourth-order valence-electron chi connectivity index (χ4n) is 2.56. The van der Waals surface area contributed by atoms with Crippen molar-refractivity contribution in [1.82, 2.24) is 15.0 Å². The molecule has 2 fully saturated rings. The second-order valence-electron chi connectivity index (χ2n) is 4.60. The second kappa shape index (κ2) is 3.92. The second-order valence-corrected chi connectivity index (χ2v) is 5.71. The van der Waals surface area contributed by atoms with Gasteiger partial charge in [-0.25, -0.2) is 4.68 Å². The Morgan fingerprint density at radius 3 is 3.25 bits per heavy atom. The number of nitrogen functional groups attached to an aromatic ring is 1. The van der Waals surface area contributed by atoms with Crippen molar-refractivity contribution in [1.29, 1.82) is 0 Å². The van der Waals surface area contributed by atoms with Crippen LogP contribution in [-0.2, 0) is 4.74 Å². The fraction of sp³-hybridized carbons (Fsp3) is 0.800. The van der Waals surface area contributed by atoms with Crippen LogP contribution in [0.4, 0.5) is 5.82 Å². The number of hydrogen-bond donors (Lipinski definition) is 1. The minimum Gasteiger partial charge on any atom is -0.381 e. The van der Waals surface area contributed by atoms with Crippen LogP contribution in [0.5, 0.6) is 0 Å².